The van der Waals surface area contributed by atoms with E-state index in [1.165, 1.54) is 13.0 Å². The fourth-order valence-electron chi connectivity index (χ4n) is 1.63. The van der Waals surface area contributed by atoms with Crippen LogP contribution in [0.5, 0.6) is 0 Å². The summed E-state index contributed by atoms with van der Waals surface area (Å²) >= 11 is 0. The molecule has 2 N–H and O–H groups in total. The van der Waals surface area contributed by atoms with E-state index >= 15 is 0 Å². The van der Waals surface area contributed by atoms with Crippen LogP contribution in [-0.2, 0) is 18.9 Å². The van der Waals surface area contributed by atoms with Crippen molar-refractivity contribution in [2.24, 2.45) is 5.73 Å². The number of pyridine rings is 1. The first-order valence-corrected chi connectivity index (χ1v) is 9.50. The maximum absolute atomic E-state index is 12.1. The summed E-state index contributed by atoms with van der Waals surface area (Å²) in [6.07, 6.45) is 0. The molecule has 0 atom stereocenters. The molecule has 7 nitrogen and oxygen atoms in total. The van der Waals surface area contributed by atoms with Crippen LogP contribution in [0.25, 0.3) is 0 Å². The lowest BCUT2D eigenvalue weighted by atomic mass is 10.1. The Hall–Kier alpha value is -1.19. The van der Waals surface area contributed by atoms with Crippen LogP contribution in [-0.4, -0.2) is 39.2 Å². The largest absolute Gasteiger partial charge is 0.366 e. The van der Waals surface area contributed by atoms with Crippen LogP contribution in [0.15, 0.2) is 11.1 Å². The second-order valence-corrected chi connectivity index (χ2v) is 9.11. The zero-order valence-corrected chi connectivity index (χ0v) is 13.1. The third kappa shape index (κ3) is 4.15. The van der Waals surface area contributed by atoms with Crippen molar-refractivity contribution in [1.29, 1.82) is 0 Å². The number of aromatic nitrogens is 1. The Balaban J connectivity index is 3.41. The Kier molecular flexibility index (Phi) is 4.78. The van der Waals surface area contributed by atoms with Crippen LogP contribution >= 0.6 is 10.7 Å². The molecule has 0 saturated heterocycles. The number of primary amides is 1. The van der Waals surface area contributed by atoms with Crippen LogP contribution < -0.4 is 5.73 Å². The average molecular weight is 341 g/mol. The Labute approximate surface area is 121 Å². The standard InChI is InChI=1S/C10H13ClN2O5S2/c1-6-5-7(2)13-10(8(6)9(12)14)19(15,16)3-4-20(11,17)18/h5H,3-4H2,1-2H3,(H2,12,14). The Morgan fingerprint density at radius 3 is 2.25 bits per heavy atom. The quantitative estimate of drug-likeness (QED) is 0.760. The highest BCUT2D eigenvalue weighted by Gasteiger charge is 2.27. The number of hydrogen-bond acceptors (Lipinski definition) is 6. The molecule has 0 aliphatic carbocycles. The van der Waals surface area contributed by atoms with Crippen LogP contribution in [0, 0.1) is 13.8 Å². The van der Waals surface area contributed by atoms with Gasteiger partial charge in [0.15, 0.2) is 14.9 Å². The molecule has 10 heteroatoms. The summed E-state index contributed by atoms with van der Waals surface area (Å²) in [6, 6.07) is 1.51. The molecule has 0 aromatic carbocycles. The molecular weight excluding hydrogens is 328 g/mol. The minimum Gasteiger partial charge on any atom is -0.366 e. The molecule has 1 heterocycles. The number of halogens is 1. The predicted octanol–water partition coefficient (Wildman–Crippen LogP) is 0.140. The van der Waals surface area contributed by atoms with Crippen LogP contribution in [0.2, 0.25) is 0 Å². The van der Waals surface area contributed by atoms with Crippen molar-refractivity contribution in [3.63, 3.8) is 0 Å². The van der Waals surface area contributed by atoms with Gasteiger partial charge in [-0.05, 0) is 25.5 Å². The first kappa shape index (κ1) is 16.9. The Morgan fingerprint density at radius 1 is 1.25 bits per heavy atom. The molecule has 112 valence electrons. The zero-order valence-electron chi connectivity index (χ0n) is 10.8. The number of carbonyl (C=O) groups excluding carboxylic acids is 1. The minimum atomic E-state index is -4.09. The highest BCUT2D eigenvalue weighted by Crippen LogP contribution is 2.20. The number of nitrogens with two attached hydrogens (primary N) is 1. The molecule has 20 heavy (non-hydrogen) atoms. The molecule has 0 aliphatic rings. The number of nitrogens with zero attached hydrogens (tertiary/aromatic N) is 1. The van der Waals surface area contributed by atoms with Crippen molar-refractivity contribution in [2.75, 3.05) is 11.5 Å². The highest BCUT2D eigenvalue weighted by atomic mass is 35.7. The second-order valence-electron chi connectivity index (χ2n) is 4.19. The summed E-state index contributed by atoms with van der Waals surface area (Å²) in [4.78, 5) is 15.2. The van der Waals surface area contributed by atoms with Gasteiger partial charge in [0.2, 0.25) is 9.05 Å². The van der Waals surface area contributed by atoms with Gasteiger partial charge in [-0.15, -0.1) is 0 Å². The van der Waals surface area contributed by atoms with Crippen molar-refractivity contribution < 1.29 is 21.6 Å². The fourth-order valence-corrected chi connectivity index (χ4v) is 4.92. The summed E-state index contributed by atoms with van der Waals surface area (Å²) in [7, 11) is -3.07. The normalized spacial score (nSPS) is 12.3. The molecule has 1 amide bonds. The molecule has 0 unspecified atom stereocenters. The van der Waals surface area contributed by atoms with Crippen LogP contribution in [0.1, 0.15) is 21.6 Å². The van der Waals surface area contributed by atoms with Crippen molar-refractivity contribution >= 4 is 35.5 Å². The molecule has 1 aromatic heterocycles. The number of aryl methyl sites for hydroxylation is 2. The van der Waals surface area contributed by atoms with Gasteiger partial charge >= 0.3 is 0 Å². The van der Waals surface area contributed by atoms with Crippen molar-refractivity contribution in [2.45, 2.75) is 18.9 Å². The molecule has 1 rings (SSSR count). The summed E-state index contributed by atoms with van der Waals surface area (Å²) < 4.78 is 45.9. The molecule has 0 radical (unpaired) electrons. The summed E-state index contributed by atoms with van der Waals surface area (Å²) in [5.74, 6) is -2.49. The SMILES string of the molecule is Cc1cc(C)c(C(N)=O)c(S(=O)(=O)CCS(=O)(=O)Cl)n1. The van der Waals surface area contributed by atoms with Crippen LogP contribution in [0.4, 0.5) is 0 Å². The van der Waals surface area contributed by atoms with E-state index in [9.17, 15) is 21.6 Å². The lowest BCUT2D eigenvalue weighted by Gasteiger charge is -2.10. The maximum atomic E-state index is 12.1. The average Bonchev–Trinajstić information content (AvgIpc) is 2.24. The minimum absolute atomic E-state index is 0.234. The number of hydrogen-bond donors (Lipinski definition) is 1. The molecule has 0 aliphatic heterocycles. The lowest BCUT2D eigenvalue weighted by molar-refractivity contribution is 0.0995. The molecule has 1 aromatic rings. The van der Waals surface area contributed by atoms with E-state index in [0.29, 0.717) is 11.3 Å². The van der Waals surface area contributed by atoms with Gasteiger partial charge in [0.25, 0.3) is 5.91 Å². The van der Waals surface area contributed by atoms with Gasteiger partial charge in [-0.1, -0.05) is 0 Å². The van der Waals surface area contributed by atoms with E-state index in [1.807, 2.05) is 0 Å². The molecule has 0 spiro atoms. The van der Waals surface area contributed by atoms with Gasteiger partial charge < -0.3 is 5.73 Å². The van der Waals surface area contributed by atoms with E-state index in [0.717, 1.165) is 0 Å². The van der Waals surface area contributed by atoms with Gasteiger partial charge in [-0.2, -0.15) is 0 Å². The zero-order chi connectivity index (χ0) is 15.7. The first-order valence-electron chi connectivity index (χ1n) is 5.37. The van der Waals surface area contributed by atoms with Gasteiger partial charge in [0.1, 0.15) is 0 Å². The van der Waals surface area contributed by atoms with Crippen LogP contribution in [0.3, 0.4) is 0 Å². The smallest absolute Gasteiger partial charge is 0.251 e. The van der Waals surface area contributed by atoms with Crippen molar-refractivity contribution in [3.8, 4) is 0 Å². The lowest BCUT2D eigenvalue weighted by Crippen LogP contribution is -2.23. The van der Waals surface area contributed by atoms with E-state index in [-0.39, 0.29) is 5.56 Å². The molecule has 0 saturated carbocycles. The topological polar surface area (TPSA) is 124 Å². The summed E-state index contributed by atoms with van der Waals surface area (Å²) in [5.41, 5.74) is 5.66. The number of sulfone groups is 1. The Bertz CT molecular complexity index is 756. The maximum Gasteiger partial charge on any atom is 0.251 e. The van der Waals surface area contributed by atoms with Crippen molar-refractivity contribution in [3.05, 3.63) is 22.9 Å². The highest BCUT2D eigenvalue weighted by molar-refractivity contribution is 8.14. The monoisotopic (exact) mass is 340 g/mol. The van der Waals surface area contributed by atoms with E-state index in [1.54, 1.807) is 6.92 Å². The third-order valence-corrected chi connectivity index (χ3v) is 5.49. The van der Waals surface area contributed by atoms with E-state index in [2.05, 4.69) is 4.98 Å². The number of amides is 1. The summed E-state index contributed by atoms with van der Waals surface area (Å²) in [6.45, 7) is 3.07. The predicted molar refractivity (Wildman–Crippen MR) is 73.9 cm³/mol. The van der Waals surface area contributed by atoms with Gasteiger partial charge in [-0.25, -0.2) is 21.8 Å². The van der Waals surface area contributed by atoms with Gasteiger partial charge in [-0.3, -0.25) is 4.79 Å². The van der Waals surface area contributed by atoms with E-state index in [4.69, 9.17) is 16.4 Å². The third-order valence-electron chi connectivity index (χ3n) is 2.45. The molecule has 0 fully saturated rings. The Morgan fingerprint density at radius 2 is 1.80 bits per heavy atom. The first-order chi connectivity index (χ1) is 8.94. The molecule has 0 bridgehead atoms. The fraction of sp³-hybridized carbons (Fsp3) is 0.400. The van der Waals surface area contributed by atoms with Gasteiger partial charge in [0.05, 0.1) is 17.1 Å². The number of rotatable bonds is 5. The summed E-state index contributed by atoms with van der Waals surface area (Å²) in [5, 5.41) is -0.511. The number of carbonyl (C=O) groups is 1. The van der Waals surface area contributed by atoms with E-state index < -0.39 is 41.3 Å². The van der Waals surface area contributed by atoms with Gasteiger partial charge in [0, 0.05) is 16.4 Å². The second kappa shape index (κ2) is 5.66. The molecular formula is C10H13ClN2O5S2. The van der Waals surface area contributed by atoms with Crippen molar-refractivity contribution in [1.82, 2.24) is 4.98 Å².